The Kier molecular flexibility index (Phi) is 5.74. The van der Waals surface area contributed by atoms with E-state index < -0.39 is 0 Å². The molecule has 3 heteroatoms. The molecule has 0 unspecified atom stereocenters. The molecule has 0 heterocycles. The molecule has 19 heavy (non-hydrogen) atoms. The Morgan fingerprint density at radius 3 is 2.47 bits per heavy atom. The second-order valence-electron chi connectivity index (χ2n) is 5.31. The first-order chi connectivity index (χ1) is 8.93. The average molecular weight is 263 g/mol. The largest absolute Gasteiger partial charge is 0.504 e. The molecule has 0 fully saturated rings. The third-order valence-corrected chi connectivity index (χ3v) is 3.00. The predicted octanol–water partition coefficient (Wildman–Crippen LogP) is 4.21. The predicted molar refractivity (Wildman–Crippen MR) is 80.9 cm³/mol. The van der Waals surface area contributed by atoms with Gasteiger partial charge in [0.1, 0.15) is 0 Å². The Hall–Kier alpha value is -1.64. The summed E-state index contributed by atoms with van der Waals surface area (Å²) >= 11 is 0. The van der Waals surface area contributed by atoms with Gasteiger partial charge in [0, 0.05) is 17.8 Å². The third kappa shape index (κ3) is 4.86. The summed E-state index contributed by atoms with van der Waals surface area (Å²) in [6.07, 6.45) is 5.01. The van der Waals surface area contributed by atoms with Crippen LogP contribution >= 0.6 is 0 Å². The second kappa shape index (κ2) is 7.07. The maximum absolute atomic E-state index is 9.62. The van der Waals surface area contributed by atoms with E-state index >= 15 is 0 Å². The first kappa shape index (κ1) is 15.4. The van der Waals surface area contributed by atoms with Gasteiger partial charge in [0.15, 0.2) is 11.5 Å². The molecule has 3 N–H and O–H groups in total. The lowest BCUT2D eigenvalue weighted by Gasteiger charge is -2.18. The van der Waals surface area contributed by atoms with Crippen LogP contribution in [0, 0.1) is 0 Å². The molecule has 0 aliphatic heterocycles. The van der Waals surface area contributed by atoms with Crippen molar-refractivity contribution in [1.29, 1.82) is 0 Å². The van der Waals surface area contributed by atoms with Crippen LogP contribution in [-0.2, 0) is 6.42 Å². The van der Waals surface area contributed by atoms with Crippen LogP contribution in [-0.4, -0.2) is 16.3 Å². The Balaban J connectivity index is 2.86. The Morgan fingerprint density at radius 1 is 1.26 bits per heavy atom. The summed E-state index contributed by atoms with van der Waals surface area (Å²) < 4.78 is 0. The van der Waals surface area contributed by atoms with Crippen molar-refractivity contribution in [3.63, 3.8) is 0 Å². The lowest BCUT2D eigenvalue weighted by atomic mass is 10.1. The van der Waals surface area contributed by atoms with Crippen LogP contribution < -0.4 is 5.32 Å². The third-order valence-electron chi connectivity index (χ3n) is 3.00. The molecule has 0 aromatic heterocycles. The summed E-state index contributed by atoms with van der Waals surface area (Å²) in [6.45, 7) is 8.38. The zero-order valence-electron chi connectivity index (χ0n) is 12.3. The zero-order valence-corrected chi connectivity index (χ0v) is 12.3. The fraction of sp³-hybridized carbons (Fsp3) is 0.500. The van der Waals surface area contributed by atoms with E-state index in [9.17, 15) is 10.2 Å². The van der Waals surface area contributed by atoms with Crippen LogP contribution in [0.3, 0.4) is 0 Å². The van der Waals surface area contributed by atoms with E-state index in [4.69, 9.17) is 0 Å². The van der Waals surface area contributed by atoms with Gasteiger partial charge in [-0.05, 0) is 45.2 Å². The van der Waals surface area contributed by atoms with Crippen molar-refractivity contribution in [2.24, 2.45) is 0 Å². The highest BCUT2D eigenvalue weighted by molar-refractivity contribution is 5.60. The molecule has 0 saturated heterocycles. The summed E-state index contributed by atoms with van der Waals surface area (Å²) in [6, 6.07) is 3.54. The van der Waals surface area contributed by atoms with E-state index in [0.29, 0.717) is 0 Å². The van der Waals surface area contributed by atoms with Gasteiger partial charge in [-0.2, -0.15) is 0 Å². The molecular formula is C16H25NO2. The van der Waals surface area contributed by atoms with Crippen LogP contribution in [0.4, 0.5) is 5.69 Å². The van der Waals surface area contributed by atoms with Crippen LogP contribution in [0.25, 0.3) is 0 Å². The van der Waals surface area contributed by atoms with Crippen molar-refractivity contribution in [3.05, 3.63) is 29.3 Å². The molecule has 0 aliphatic carbocycles. The monoisotopic (exact) mass is 263 g/mol. The number of phenolic OH excluding ortho intramolecular Hbond substituents is 2. The number of aromatic hydroxyl groups is 2. The van der Waals surface area contributed by atoms with Gasteiger partial charge in [-0.25, -0.2) is 0 Å². The normalized spacial score (nSPS) is 12.0. The minimum atomic E-state index is -0.0724. The van der Waals surface area contributed by atoms with Crippen LogP contribution in [0.2, 0.25) is 0 Å². The van der Waals surface area contributed by atoms with E-state index in [1.165, 1.54) is 5.57 Å². The summed E-state index contributed by atoms with van der Waals surface area (Å²) in [7, 11) is 0. The molecule has 1 aromatic carbocycles. The van der Waals surface area contributed by atoms with Gasteiger partial charge in [-0.3, -0.25) is 0 Å². The van der Waals surface area contributed by atoms with Gasteiger partial charge >= 0.3 is 0 Å². The molecule has 1 atom stereocenters. The highest BCUT2D eigenvalue weighted by Gasteiger charge is 2.10. The fourth-order valence-corrected chi connectivity index (χ4v) is 1.97. The maximum atomic E-state index is 9.62. The summed E-state index contributed by atoms with van der Waals surface area (Å²) in [5.41, 5.74) is 3.25. The van der Waals surface area contributed by atoms with Crippen LogP contribution in [0.15, 0.2) is 23.8 Å². The van der Waals surface area contributed by atoms with Crippen molar-refractivity contribution < 1.29 is 10.2 Å². The topological polar surface area (TPSA) is 52.5 Å². The van der Waals surface area contributed by atoms with E-state index in [1.807, 2.05) is 0 Å². The molecule has 1 aromatic rings. The van der Waals surface area contributed by atoms with E-state index in [1.54, 1.807) is 12.1 Å². The van der Waals surface area contributed by atoms with Crippen LogP contribution in [0.1, 0.15) is 46.1 Å². The number of allylic oxidation sites excluding steroid dienone is 1. The molecule has 0 bridgehead atoms. The number of anilines is 1. The molecule has 106 valence electrons. The minimum absolute atomic E-state index is 0.0500. The van der Waals surface area contributed by atoms with Crippen molar-refractivity contribution in [3.8, 4) is 11.5 Å². The Morgan fingerprint density at radius 2 is 1.89 bits per heavy atom. The lowest BCUT2D eigenvalue weighted by molar-refractivity contribution is 0.403. The van der Waals surface area contributed by atoms with E-state index in [0.717, 1.165) is 30.5 Å². The number of benzene rings is 1. The number of hydrogen-bond acceptors (Lipinski definition) is 3. The van der Waals surface area contributed by atoms with Gasteiger partial charge in [0.25, 0.3) is 0 Å². The molecule has 0 radical (unpaired) electrons. The van der Waals surface area contributed by atoms with E-state index in [2.05, 4.69) is 39.1 Å². The standard InChI is InChI=1S/C16H25NO2/c1-5-6-13-9-15(18)16(19)10-14(13)17-12(4)8-7-11(2)3/h7,9-10,12,17-19H,5-6,8H2,1-4H3/t12-/m0/s1. The lowest BCUT2D eigenvalue weighted by Crippen LogP contribution is -2.15. The number of hydrogen-bond donors (Lipinski definition) is 3. The van der Waals surface area contributed by atoms with Crippen molar-refractivity contribution in [2.75, 3.05) is 5.32 Å². The number of phenols is 2. The smallest absolute Gasteiger partial charge is 0.159 e. The SMILES string of the molecule is CCCc1cc(O)c(O)cc1N[C@@H](C)CC=C(C)C. The fourth-order valence-electron chi connectivity index (χ4n) is 1.97. The molecule has 0 saturated carbocycles. The number of aryl methyl sites for hydroxylation is 1. The minimum Gasteiger partial charge on any atom is -0.504 e. The summed E-state index contributed by atoms with van der Waals surface area (Å²) in [4.78, 5) is 0. The van der Waals surface area contributed by atoms with Gasteiger partial charge in [-0.15, -0.1) is 0 Å². The van der Waals surface area contributed by atoms with Gasteiger partial charge < -0.3 is 15.5 Å². The first-order valence-electron chi connectivity index (χ1n) is 6.88. The molecule has 0 amide bonds. The summed E-state index contributed by atoms with van der Waals surface area (Å²) in [5.74, 6) is -0.122. The summed E-state index contributed by atoms with van der Waals surface area (Å²) in [5, 5.41) is 22.6. The highest BCUT2D eigenvalue weighted by atomic mass is 16.3. The first-order valence-corrected chi connectivity index (χ1v) is 6.88. The molecule has 1 rings (SSSR count). The highest BCUT2D eigenvalue weighted by Crippen LogP contribution is 2.32. The van der Waals surface area contributed by atoms with E-state index in [-0.39, 0.29) is 17.5 Å². The van der Waals surface area contributed by atoms with Gasteiger partial charge in [0.2, 0.25) is 0 Å². The van der Waals surface area contributed by atoms with Crippen molar-refractivity contribution in [2.45, 2.75) is 53.0 Å². The molecule has 0 aliphatic rings. The Labute approximate surface area is 116 Å². The Bertz CT molecular complexity index is 448. The second-order valence-corrected chi connectivity index (χ2v) is 5.31. The molecule has 0 spiro atoms. The average Bonchev–Trinajstić information content (AvgIpc) is 2.33. The molecule has 3 nitrogen and oxygen atoms in total. The number of rotatable bonds is 6. The van der Waals surface area contributed by atoms with Crippen molar-refractivity contribution in [1.82, 2.24) is 0 Å². The molecular weight excluding hydrogens is 238 g/mol. The number of nitrogens with one attached hydrogen (secondary N) is 1. The van der Waals surface area contributed by atoms with Crippen LogP contribution in [0.5, 0.6) is 11.5 Å². The van der Waals surface area contributed by atoms with Gasteiger partial charge in [-0.1, -0.05) is 25.0 Å². The quantitative estimate of drug-likeness (QED) is 0.409. The van der Waals surface area contributed by atoms with Crippen molar-refractivity contribution >= 4 is 5.69 Å². The maximum Gasteiger partial charge on any atom is 0.159 e. The van der Waals surface area contributed by atoms with Gasteiger partial charge in [0.05, 0.1) is 0 Å². The zero-order chi connectivity index (χ0) is 14.4.